The van der Waals surface area contributed by atoms with Gasteiger partial charge in [-0.05, 0) is 17.7 Å². The van der Waals surface area contributed by atoms with Crippen molar-refractivity contribution < 1.29 is 9.90 Å². The number of carbonyl (C=O) groups is 1. The van der Waals surface area contributed by atoms with E-state index in [0.717, 1.165) is 0 Å². The Morgan fingerprint density at radius 3 is 2.38 bits per heavy atom. The Hall–Kier alpha value is -0.440. The van der Waals surface area contributed by atoms with Gasteiger partial charge in [0.15, 0.2) is 0 Å². The van der Waals surface area contributed by atoms with Gasteiger partial charge in [0.2, 0.25) is 0 Å². The van der Waals surface area contributed by atoms with E-state index >= 15 is 0 Å². The van der Waals surface area contributed by atoms with Crippen LogP contribution >= 0.6 is 35.6 Å². The molecule has 13 heavy (non-hydrogen) atoms. The summed E-state index contributed by atoms with van der Waals surface area (Å²) in [7, 11) is 0. The fourth-order valence-electron chi connectivity index (χ4n) is 0.824. The molecule has 2 nitrogen and oxygen atoms in total. The van der Waals surface area contributed by atoms with Gasteiger partial charge in [-0.25, -0.2) is 0 Å². The molecule has 0 bridgehead atoms. The van der Waals surface area contributed by atoms with Crippen LogP contribution in [-0.2, 0) is 11.2 Å². The molecule has 0 radical (unpaired) electrons. The molecule has 1 N–H and O–H groups in total. The summed E-state index contributed by atoms with van der Waals surface area (Å²) in [5.74, 6) is -0.881. The van der Waals surface area contributed by atoms with Crippen molar-refractivity contribution >= 4 is 41.6 Å². The third kappa shape index (κ3) is 3.85. The average molecular weight is 242 g/mol. The summed E-state index contributed by atoms with van der Waals surface area (Å²) in [6.07, 6.45) is -0.0309. The third-order valence-electron chi connectivity index (χ3n) is 1.34. The molecule has 1 aromatic rings. The zero-order valence-corrected chi connectivity index (χ0v) is 8.79. The Labute approximate surface area is 91.9 Å². The van der Waals surface area contributed by atoms with Crippen molar-refractivity contribution in [1.29, 1.82) is 0 Å². The fraction of sp³-hybridized carbons (Fsp3) is 0.125. The first-order valence-corrected chi connectivity index (χ1v) is 4.01. The predicted molar refractivity (Wildman–Crippen MR) is 55.0 cm³/mol. The Bertz CT molecular complexity index is 312. The highest BCUT2D eigenvalue weighted by Gasteiger charge is 2.02. The van der Waals surface area contributed by atoms with Crippen LogP contribution in [0.4, 0.5) is 0 Å². The van der Waals surface area contributed by atoms with Crippen LogP contribution < -0.4 is 0 Å². The van der Waals surface area contributed by atoms with E-state index in [9.17, 15) is 4.79 Å². The SMILES string of the molecule is Cl.O=C(O)Cc1ccc(Cl)c(Cl)c1. The molecule has 5 heteroatoms. The maximum Gasteiger partial charge on any atom is 0.307 e. The van der Waals surface area contributed by atoms with E-state index in [0.29, 0.717) is 15.6 Å². The van der Waals surface area contributed by atoms with Crippen LogP contribution in [0.15, 0.2) is 18.2 Å². The third-order valence-corrected chi connectivity index (χ3v) is 2.08. The van der Waals surface area contributed by atoms with Crippen molar-refractivity contribution in [2.24, 2.45) is 0 Å². The summed E-state index contributed by atoms with van der Waals surface area (Å²) < 4.78 is 0. The number of hydrogen-bond donors (Lipinski definition) is 1. The molecule has 0 unspecified atom stereocenters. The number of aliphatic carboxylic acids is 1. The lowest BCUT2D eigenvalue weighted by Gasteiger charge is -1.98. The second-order valence-electron chi connectivity index (χ2n) is 2.32. The largest absolute Gasteiger partial charge is 0.481 e. The van der Waals surface area contributed by atoms with Crippen molar-refractivity contribution in [3.63, 3.8) is 0 Å². The summed E-state index contributed by atoms with van der Waals surface area (Å²) >= 11 is 11.3. The second-order valence-corrected chi connectivity index (χ2v) is 3.13. The first kappa shape index (κ1) is 12.6. The zero-order valence-electron chi connectivity index (χ0n) is 6.46. The number of carboxylic acid groups (broad SMARTS) is 1. The van der Waals surface area contributed by atoms with Gasteiger partial charge < -0.3 is 5.11 Å². The Morgan fingerprint density at radius 1 is 1.31 bits per heavy atom. The maximum atomic E-state index is 10.3. The molecule has 0 spiro atoms. The van der Waals surface area contributed by atoms with Gasteiger partial charge in [0.25, 0.3) is 0 Å². The van der Waals surface area contributed by atoms with Crippen LogP contribution in [0.25, 0.3) is 0 Å². The van der Waals surface area contributed by atoms with Gasteiger partial charge in [-0.3, -0.25) is 4.79 Å². The summed E-state index contributed by atoms with van der Waals surface area (Å²) in [5.41, 5.74) is 0.650. The van der Waals surface area contributed by atoms with E-state index in [1.165, 1.54) is 0 Å². The van der Waals surface area contributed by atoms with Crippen molar-refractivity contribution in [1.82, 2.24) is 0 Å². The molecule has 0 amide bonds. The normalized spacial score (nSPS) is 9.08. The van der Waals surface area contributed by atoms with Crippen molar-refractivity contribution in [3.8, 4) is 0 Å². The minimum absolute atomic E-state index is 0. The molecule has 0 atom stereocenters. The molecule has 0 fully saturated rings. The first-order chi connectivity index (χ1) is 5.59. The highest BCUT2D eigenvalue weighted by atomic mass is 35.5. The lowest BCUT2D eigenvalue weighted by Crippen LogP contribution is -1.99. The van der Waals surface area contributed by atoms with Crippen LogP contribution in [-0.4, -0.2) is 11.1 Å². The van der Waals surface area contributed by atoms with Gasteiger partial charge in [0.1, 0.15) is 0 Å². The Kier molecular flexibility index (Phi) is 5.14. The standard InChI is InChI=1S/C8H6Cl2O2.ClH/c9-6-2-1-5(3-7(6)10)4-8(11)12;/h1-3H,4H2,(H,11,12);1H. The lowest BCUT2D eigenvalue weighted by atomic mass is 10.1. The quantitative estimate of drug-likeness (QED) is 0.864. The predicted octanol–water partition coefficient (Wildman–Crippen LogP) is 3.04. The minimum atomic E-state index is -0.881. The highest BCUT2D eigenvalue weighted by Crippen LogP contribution is 2.22. The number of carboxylic acids is 1. The summed E-state index contributed by atoms with van der Waals surface area (Å²) in [5, 5.41) is 9.27. The summed E-state index contributed by atoms with van der Waals surface area (Å²) in [6.45, 7) is 0. The van der Waals surface area contributed by atoms with E-state index < -0.39 is 5.97 Å². The zero-order chi connectivity index (χ0) is 9.14. The van der Waals surface area contributed by atoms with Crippen LogP contribution in [0.5, 0.6) is 0 Å². The van der Waals surface area contributed by atoms with Crippen molar-refractivity contribution in [3.05, 3.63) is 33.8 Å². The lowest BCUT2D eigenvalue weighted by molar-refractivity contribution is -0.136. The smallest absolute Gasteiger partial charge is 0.307 e. The monoisotopic (exact) mass is 240 g/mol. The van der Waals surface area contributed by atoms with Gasteiger partial charge in [-0.2, -0.15) is 0 Å². The summed E-state index contributed by atoms with van der Waals surface area (Å²) in [6, 6.07) is 4.78. The van der Waals surface area contributed by atoms with E-state index in [-0.39, 0.29) is 18.8 Å². The van der Waals surface area contributed by atoms with Crippen LogP contribution in [0.2, 0.25) is 10.0 Å². The fourth-order valence-corrected chi connectivity index (χ4v) is 1.14. The molecule has 0 heterocycles. The topological polar surface area (TPSA) is 37.3 Å². The van der Waals surface area contributed by atoms with Gasteiger partial charge in [-0.15, -0.1) is 12.4 Å². The molecule has 0 aliphatic carbocycles. The molecule has 0 saturated heterocycles. The highest BCUT2D eigenvalue weighted by molar-refractivity contribution is 6.42. The number of hydrogen-bond acceptors (Lipinski definition) is 1. The molecule has 1 rings (SSSR count). The molecule has 72 valence electrons. The van der Waals surface area contributed by atoms with Crippen molar-refractivity contribution in [2.45, 2.75) is 6.42 Å². The van der Waals surface area contributed by atoms with Crippen molar-refractivity contribution in [2.75, 3.05) is 0 Å². The molecule has 1 aromatic carbocycles. The molecular weight excluding hydrogens is 234 g/mol. The minimum Gasteiger partial charge on any atom is -0.481 e. The average Bonchev–Trinajstić information content (AvgIpc) is 1.96. The Balaban J connectivity index is 0.00000144. The Morgan fingerprint density at radius 2 is 1.92 bits per heavy atom. The maximum absolute atomic E-state index is 10.3. The second kappa shape index (κ2) is 5.32. The van der Waals surface area contributed by atoms with Crippen LogP contribution in [0.3, 0.4) is 0 Å². The first-order valence-electron chi connectivity index (χ1n) is 3.25. The molecule has 0 aromatic heterocycles. The van der Waals surface area contributed by atoms with Gasteiger partial charge >= 0.3 is 5.97 Å². The number of benzene rings is 1. The van der Waals surface area contributed by atoms with Crippen LogP contribution in [0.1, 0.15) is 5.56 Å². The summed E-state index contributed by atoms with van der Waals surface area (Å²) in [4.78, 5) is 10.3. The number of rotatable bonds is 2. The molecule has 0 aliphatic heterocycles. The van der Waals surface area contributed by atoms with Gasteiger partial charge in [-0.1, -0.05) is 29.3 Å². The van der Waals surface area contributed by atoms with Crippen LogP contribution in [0, 0.1) is 0 Å². The van der Waals surface area contributed by atoms with E-state index in [1.54, 1.807) is 18.2 Å². The molecule has 0 saturated carbocycles. The molecular formula is C8H7Cl3O2. The van der Waals surface area contributed by atoms with Gasteiger partial charge in [0.05, 0.1) is 16.5 Å². The van der Waals surface area contributed by atoms with E-state index in [1.807, 2.05) is 0 Å². The number of halogens is 3. The molecule has 0 aliphatic rings. The van der Waals surface area contributed by atoms with E-state index in [4.69, 9.17) is 28.3 Å². The van der Waals surface area contributed by atoms with E-state index in [2.05, 4.69) is 0 Å². The van der Waals surface area contributed by atoms with Gasteiger partial charge in [0, 0.05) is 0 Å².